The van der Waals surface area contributed by atoms with Crippen molar-refractivity contribution in [2.45, 2.75) is 32.1 Å². The van der Waals surface area contributed by atoms with Crippen LogP contribution in [0, 0.1) is 5.41 Å². The van der Waals surface area contributed by atoms with E-state index in [4.69, 9.17) is 0 Å². The number of carbonyl (C=O) groups is 1. The van der Waals surface area contributed by atoms with Crippen molar-refractivity contribution in [2.75, 3.05) is 26.2 Å². The standard InChI is InChI=1S/C11H18F2N2O/c12-9(13)10(16)15-6-3-11(4-7-15)2-1-5-14-8-11/h9,14H,1-8H2. The van der Waals surface area contributed by atoms with Crippen LogP contribution in [0.5, 0.6) is 0 Å². The Hall–Kier alpha value is -0.710. The van der Waals surface area contributed by atoms with Crippen LogP contribution >= 0.6 is 0 Å². The maximum atomic E-state index is 12.2. The van der Waals surface area contributed by atoms with E-state index < -0.39 is 12.3 Å². The van der Waals surface area contributed by atoms with Gasteiger partial charge in [-0.05, 0) is 37.6 Å². The number of nitrogens with zero attached hydrogens (tertiary/aromatic N) is 1. The third-order valence-electron chi connectivity index (χ3n) is 3.88. The molecule has 5 heteroatoms. The molecule has 2 fully saturated rings. The average molecular weight is 232 g/mol. The Morgan fingerprint density at radius 3 is 2.44 bits per heavy atom. The summed E-state index contributed by atoms with van der Waals surface area (Å²) in [5.74, 6) is -1.00. The monoisotopic (exact) mass is 232 g/mol. The summed E-state index contributed by atoms with van der Waals surface area (Å²) >= 11 is 0. The topological polar surface area (TPSA) is 32.3 Å². The Morgan fingerprint density at radius 1 is 1.25 bits per heavy atom. The zero-order valence-electron chi connectivity index (χ0n) is 9.35. The highest BCUT2D eigenvalue weighted by atomic mass is 19.3. The van der Waals surface area contributed by atoms with E-state index in [-0.39, 0.29) is 5.41 Å². The average Bonchev–Trinajstić information content (AvgIpc) is 2.30. The lowest BCUT2D eigenvalue weighted by atomic mass is 9.73. The van der Waals surface area contributed by atoms with Crippen LogP contribution in [-0.4, -0.2) is 43.4 Å². The molecule has 0 aromatic heterocycles. The van der Waals surface area contributed by atoms with Gasteiger partial charge in [0.1, 0.15) is 0 Å². The fourth-order valence-corrected chi connectivity index (χ4v) is 2.80. The van der Waals surface area contributed by atoms with Gasteiger partial charge >= 0.3 is 6.43 Å². The number of nitrogens with one attached hydrogen (secondary N) is 1. The molecule has 1 amide bonds. The van der Waals surface area contributed by atoms with Crippen molar-refractivity contribution in [3.63, 3.8) is 0 Å². The summed E-state index contributed by atoms with van der Waals surface area (Å²) < 4.78 is 24.5. The summed E-state index contributed by atoms with van der Waals surface area (Å²) in [6, 6.07) is 0. The van der Waals surface area contributed by atoms with E-state index in [9.17, 15) is 13.6 Å². The number of amides is 1. The second-order valence-corrected chi connectivity index (χ2v) is 4.91. The van der Waals surface area contributed by atoms with Crippen molar-refractivity contribution in [3.8, 4) is 0 Å². The van der Waals surface area contributed by atoms with E-state index >= 15 is 0 Å². The number of carbonyl (C=O) groups excluding carboxylic acids is 1. The number of hydrogen-bond acceptors (Lipinski definition) is 2. The maximum absolute atomic E-state index is 12.2. The molecule has 1 N–H and O–H groups in total. The predicted octanol–water partition coefficient (Wildman–Crippen LogP) is 1.24. The molecule has 2 rings (SSSR count). The molecule has 0 radical (unpaired) electrons. The van der Waals surface area contributed by atoms with Crippen molar-refractivity contribution < 1.29 is 13.6 Å². The summed E-state index contributed by atoms with van der Waals surface area (Å²) in [7, 11) is 0. The summed E-state index contributed by atoms with van der Waals surface area (Å²) in [5, 5.41) is 3.36. The van der Waals surface area contributed by atoms with Crippen molar-refractivity contribution in [2.24, 2.45) is 5.41 Å². The molecule has 1 spiro atoms. The molecule has 92 valence electrons. The maximum Gasteiger partial charge on any atom is 0.315 e. The van der Waals surface area contributed by atoms with Crippen molar-refractivity contribution >= 4 is 5.91 Å². The summed E-state index contributed by atoms with van der Waals surface area (Å²) in [5.41, 5.74) is 0.261. The van der Waals surface area contributed by atoms with Crippen LogP contribution in [0.15, 0.2) is 0 Å². The van der Waals surface area contributed by atoms with Crippen LogP contribution in [0.2, 0.25) is 0 Å². The Bertz CT molecular complexity index is 255. The van der Waals surface area contributed by atoms with Crippen LogP contribution < -0.4 is 5.32 Å². The van der Waals surface area contributed by atoms with Crippen molar-refractivity contribution in [1.29, 1.82) is 0 Å². The number of likely N-dealkylation sites (tertiary alicyclic amines) is 1. The van der Waals surface area contributed by atoms with E-state index in [1.807, 2.05) is 0 Å². The molecule has 0 aliphatic carbocycles. The number of piperidine rings is 2. The van der Waals surface area contributed by atoms with Gasteiger partial charge in [0.05, 0.1) is 0 Å². The molecule has 0 aromatic carbocycles. The third-order valence-corrected chi connectivity index (χ3v) is 3.88. The zero-order valence-corrected chi connectivity index (χ0v) is 9.35. The van der Waals surface area contributed by atoms with Gasteiger partial charge in [-0.3, -0.25) is 4.79 Å². The van der Waals surface area contributed by atoms with Crippen molar-refractivity contribution in [1.82, 2.24) is 10.2 Å². The minimum absolute atomic E-state index is 0.261. The van der Waals surface area contributed by atoms with E-state index in [1.165, 1.54) is 4.90 Å². The number of rotatable bonds is 1. The molecule has 2 aliphatic heterocycles. The molecular formula is C11H18F2N2O. The van der Waals surface area contributed by atoms with Crippen LogP contribution in [-0.2, 0) is 4.79 Å². The van der Waals surface area contributed by atoms with Crippen LogP contribution in [0.1, 0.15) is 25.7 Å². The molecule has 0 saturated carbocycles. The second kappa shape index (κ2) is 4.65. The number of alkyl halides is 2. The van der Waals surface area contributed by atoms with E-state index in [1.54, 1.807) is 0 Å². The summed E-state index contributed by atoms with van der Waals surface area (Å²) in [6.45, 7) is 3.01. The Labute approximate surface area is 94.2 Å². The van der Waals surface area contributed by atoms with Crippen LogP contribution in [0.25, 0.3) is 0 Å². The van der Waals surface area contributed by atoms with Gasteiger partial charge in [-0.2, -0.15) is 8.78 Å². The quantitative estimate of drug-likeness (QED) is 0.738. The summed E-state index contributed by atoms with van der Waals surface area (Å²) in [6.07, 6.45) is 1.19. The number of hydrogen-bond donors (Lipinski definition) is 1. The molecule has 3 nitrogen and oxygen atoms in total. The van der Waals surface area contributed by atoms with Crippen LogP contribution in [0.4, 0.5) is 8.78 Å². The SMILES string of the molecule is O=C(C(F)F)N1CCC2(CCCNC2)CC1. The fraction of sp³-hybridized carbons (Fsp3) is 0.909. The van der Waals surface area contributed by atoms with E-state index in [2.05, 4.69) is 5.32 Å². The van der Waals surface area contributed by atoms with Gasteiger partial charge in [0.15, 0.2) is 0 Å². The molecule has 0 unspecified atom stereocenters. The van der Waals surface area contributed by atoms with E-state index in [0.29, 0.717) is 13.1 Å². The molecule has 2 saturated heterocycles. The van der Waals surface area contributed by atoms with Gasteiger partial charge in [-0.25, -0.2) is 0 Å². The summed E-state index contributed by atoms with van der Waals surface area (Å²) in [4.78, 5) is 12.4. The first-order valence-corrected chi connectivity index (χ1v) is 5.91. The minimum atomic E-state index is -2.85. The molecular weight excluding hydrogens is 214 g/mol. The first kappa shape index (κ1) is 11.8. The lowest BCUT2D eigenvalue weighted by Gasteiger charge is -2.44. The van der Waals surface area contributed by atoms with E-state index in [0.717, 1.165) is 38.8 Å². The normalized spacial score (nSPS) is 25.1. The zero-order chi connectivity index (χ0) is 11.6. The third kappa shape index (κ3) is 2.34. The molecule has 0 atom stereocenters. The molecule has 16 heavy (non-hydrogen) atoms. The van der Waals surface area contributed by atoms with Crippen molar-refractivity contribution in [3.05, 3.63) is 0 Å². The second-order valence-electron chi connectivity index (χ2n) is 4.91. The lowest BCUT2D eigenvalue weighted by molar-refractivity contribution is -0.145. The van der Waals surface area contributed by atoms with Gasteiger partial charge < -0.3 is 10.2 Å². The largest absolute Gasteiger partial charge is 0.338 e. The highest BCUT2D eigenvalue weighted by Gasteiger charge is 2.38. The molecule has 2 aliphatic rings. The fourth-order valence-electron chi connectivity index (χ4n) is 2.80. The minimum Gasteiger partial charge on any atom is -0.338 e. The smallest absolute Gasteiger partial charge is 0.315 e. The Morgan fingerprint density at radius 2 is 1.94 bits per heavy atom. The van der Waals surface area contributed by atoms with Gasteiger partial charge in [0.2, 0.25) is 0 Å². The first-order chi connectivity index (χ1) is 7.63. The highest BCUT2D eigenvalue weighted by Crippen LogP contribution is 2.37. The number of halogens is 2. The molecule has 0 aromatic rings. The lowest BCUT2D eigenvalue weighted by Crippen LogP contribution is -2.50. The Balaban J connectivity index is 1.88. The van der Waals surface area contributed by atoms with Gasteiger partial charge in [-0.15, -0.1) is 0 Å². The molecule has 0 bridgehead atoms. The Kier molecular flexibility index (Phi) is 3.42. The molecule has 2 heterocycles. The highest BCUT2D eigenvalue weighted by molar-refractivity contribution is 5.79. The van der Waals surface area contributed by atoms with Gasteiger partial charge in [0.25, 0.3) is 5.91 Å². The van der Waals surface area contributed by atoms with Gasteiger partial charge in [0, 0.05) is 19.6 Å². The van der Waals surface area contributed by atoms with Gasteiger partial charge in [-0.1, -0.05) is 0 Å². The predicted molar refractivity (Wildman–Crippen MR) is 56.4 cm³/mol. The van der Waals surface area contributed by atoms with Crippen LogP contribution in [0.3, 0.4) is 0 Å². The first-order valence-electron chi connectivity index (χ1n) is 5.91.